The molecule has 6 nitrogen and oxygen atoms in total. The minimum absolute atomic E-state index is 0.162. The lowest BCUT2D eigenvalue weighted by molar-refractivity contribution is -0.119. The normalized spacial score (nSPS) is 11.8. The van der Waals surface area contributed by atoms with Gasteiger partial charge < -0.3 is 9.88 Å². The van der Waals surface area contributed by atoms with Gasteiger partial charge in [0.05, 0.1) is 12.6 Å². The molecule has 0 aromatic carbocycles. The third kappa shape index (κ3) is 2.71. The Labute approximate surface area is 86.7 Å². The molecule has 1 N–H and O–H groups in total. The van der Waals surface area contributed by atoms with Crippen LogP contribution in [0.25, 0.3) is 0 Å². The van der Waals surface area contributed by atoms with E-state index < -0.39 is 6.04 Å². The van der Waals surface area contributed by atoms with Gasteiger partial charge in [-0.05, 0) is 0 Å². The summed E-state index contributed by atoms with van der Waals surface area (Å²) in [5.74, 6) is -0.287. The Hall–Kier alpha value is -2.03. The summed E-state index contributed by atoms with van der Waals surface area (Å²) in [5.41, 5.74) is -0.208. The number of nitriles is 1. The van der Waals surface area contributed by atoms with Crippen molar-refractivity contribution in [3.63, 3.8) is 0 Å². The van der Waals surface area contributed by atoms with Crippen LogP contribution in [0.2, 0.25) is 0 Å². The summed E-state index contributed by atoms with van der Waals surface area (Å²) >= 11 is 0. The van der Waals surface area contributed by atoms with Crippen LogP contribution in [-0.4, -0.2) is 21.1 Å². The van der Waals surface area contributed by atoms with E-state index in [1.54, 1.807) is 19.4 Å². The molecule has 1 amide bonds. The Balaban J connectivity index is 2.76. The highest BCUT2D eigenvalue weighted by molar-refractivity contribution is 5.73. The zero-order valence-corrected chi connectivity index (χ0v) is 8.60. The molecule has 6 heteroatoms. The second-order valence-electron chi connectivity index (χ2n) is 3.23. The number of carbonyl (C=O) groups excluding carboxylic acids is 1. The smallest absolute Gasteiger partial charge is 0.327 e. The summed E-state index contributed by atoms with van der Waals surface area (Å²) in [6.07, 6.45) is 3.18. The number of imidazole rings is 1. The molecule has 0 saturated heterocycles. The van der Waals surface area contributed by atoms with E-state index in [1.165, 1.54) is 16.1 Å². The van der Waals surface area contributed by atoms with E-state index in [-0.39, 0.29) is 18.1 Å². The first-order valence-electron chi connectivity index (χ1n) is 4.43. The lowest BCUT2D eigenvalue weighted by atomic mass is 10.3. The van der Waals surface area contributed by atoms with E-state index in [0.717, 1.165) is 0 Å². The van der Waals surface area contributed by atoms with Gasteiger partial charge in [-0.25, -0.2) is 4.79 Å². The van der Waals surface area contributed by atoms with Crippen molar-refractivity contribution in [2.45, 2.75) is 19.5 Å². The number of amides is 1. The Morgan fingerprint density at radius 2 is 2.33 bits per heavy atom. The Bertz CT molecular complexity index is 451. The van der Waals surface area contributed by atoms with Crippen molar-refractivity contribution in [3.05, 3.63) is 22.9 Å². The summed E-state index contributed by atoms with van der Waals surface area (Å²) < 4.78 is 2.78. The maximum atomic E-state index is 11.4. The van der Waals surface area contributed by atoms with Crippen molar-refractivity contribution in [1.29, 1.82) is 5.26 Å². The minimum Gasteiger partial charge on any atom is -0.339 e. The van der Waals surface area contributed by atoms with Crippen LogP contribution in [0.3, 0.4) is 0 Å². The molecular weight excluding hydrogens is 196 g/mol. The van der Waals surface area contributed by atoms with Gasteiger partial charge in [0.1, 0.15) is 6.04 Å². The number of hydrogen-bond acceptors (Lipinski definition) is 3. The second-order valence-corrected chi connectivity index (χ2v) is 3.23. The SMILES string of the molecule is CC(=O)N[C@H](C#N)Cn1ccn(C)c1=O. The summed E-state index contributed by atoms with van der Waals surface area (Å²) in [7, 11) is 1.62. The van der Waals surface area contributed by atoms with Crippen molar-refractivity contribution in [2.24, 2.45) is 7.05 Å². The largest absolute Gasteiger partial charge is 0.339 e. The molecule has 80 valence electrons. The van der Waals surface area contributed by atoms with Crippen LogP contribution in [0, 0.1) is 11.3 Å². The summed E-state index contributed by atoms with van der Waals surface area (Å²) in [4.78, 5) is 22.1. The minimum atomic E-state index is -0.678. The Kier molecular flexibility index (Phi) is 3.29. The van der Waals surface area contributed by atoms with Crippen molar-refractivity contribution in [2.75, 3.05) is 0 Å². The molecule has 1 heterocycles. The quantitative estimate of drug-likeness (QED) is 0.707. The predicted octanol–water partition coefficient (Wildman–Crippen LogP) is -0.785. The fraction of sp³-hybridized carbons (Fsp3) is 0.444. The first kappa shape index (κ1) is 11.0. The van der Waals surface area contributed by atoms with Crippen LogP contribution < -0.4 is 11.0 Å². The standard InChI is InChI=1S/C9H12N4O2/c1-7(14)11-8(5-10)6-13-4-3-12(2)9(13)15/h3-4,8H,6H2,1-2H3,(H,11,14)/t8-/m1/s1. The third-order valence-corrected chi connectivity index (χ3v) is 1.93. The van der Waals surface area contributed by atoms with Crippen molar-refractivity contribution in [3.8, 4) is 6.07 Å². The number of hydrogen-bond donors (Lipinski definition) is 1. The monoisotopic (exact) mass is 208 g/mol. The van der Waals surface area contributed by atoms with Crippen LogP contribution in [0.4, 0.5) is 0 Å². The summed E-state index contributed by atoms with van der Waals surface area (Å²) in [6.45, 7) is 1.49. The van der Waals surface area contributed by atoms with Crippen LogP contribution in [0.15, 0.2) is 17.2 Å². The number of carbonyl (C=O) groups is 1. The van der Waals surface area contributed by atoms with Crippen LogP contribution in [0.5, 0.6) is 0 Å². The van der Waals surface area contributed by atoms with E-state index in [9.17, 15) is 9.59 Å². The zero-order valence-electron chi connectivity index (χ0n) is 8.60. The van der Waals surface area contributed by atoms with Crippen LogP contribution in [-0.2, 0) is 18.4 Å². The molecule has 1 aromatic heterocycles. The van der Waals surface area contributed by atoms with E-state index in [4.69, 9.17) is 5.26 Å². The lowest BCUT2D eigenvalue weighted by Gasteiger charge is -2.09. The average molecular weight is 208 g/mol. The summed E-state index contributed by atoms with van der Waals surface area (Å²) in [6, 6.07) is 1.24. The average Bonchev–Trinajstić information content (AvgIpc) is 2.48. The maximum Gasteiger partial charge on any atom is 0.327 e. The highest BCUT2D eigenvalue weighted by Gasteiger charge is 2.10. The molecule has 0 aliphatic carbocycles. The Morgan fingerprint density at radius 3 is 2.73 bits per heavy atom. The molecular formula is C9H12N4O2. The fourth-order valence-corrected chi connectivity index (χ4v) is 1.21. The first-order chi connectivity index (χ1) is 7.04. The van der Waals surface area contributed by atoms with Crippen LogP contribution in [0.1, 0.15) is 6.92 Å². The van der Waals surface area contributed by atoms with Gasteiger partial charge in [0.25, 0.3) is 0 Å². The molecule has 1 rings (SSSR count). The molecule has 0 spiro atoms. The van der Waals surface area contributed by atoms with E-state index >= 15 is 0 Å². The van der Waals surface area contributed by atoms with Gasteiger partial charge in [0.2, 0.25) is 5.91 Å². The zero-order chi connectivity index (χ0) is 11.4. The fourth-order valence-electron chi connectivity index (χ4n) is 1.21. The van der Waals surface area contributed by atoms with Gasteiger partial charge in [-0.15, -0.1) is 0 Å². The molecule has 0 aliphatic heterocycles. The van der Waals surface area contributed by atoms with E-state index in [0.29, 0.717) is 0 Å². The number of aryl methyl sites for hydroxylation is 1. The van der Waals surface area contributed by atoms with Crippen molar-refractivity contribution in [1.82, 2.24) is 14.5 Å². The van der Waals surface area contributed by atoms with Crippen molar-refractivity contribution < 1.29 is 4.79 Å². The summed E-state index contributed by atoms with van der Waals surface area (Å²) in [5, 5.41) is 11.2. The molecule has 1 atom stereocenters. The number of rotatable bonds is 3. The topological polar surface area (TPSA) is 79.8 Å². The van der Waals surface area contributed by atoms with Gasteiger partial charge in [-0.2, -0.15) is 5.26 Å². The molecule has 0 radical (unpaired) electrons. The van der Waals surface area contributed by atoms with Crippen molar-refractivity contribution >= 4 is 5.91 Å². The van der Waals surface area contributed by atoms with Gasteiger partial charge in [0.15, 0.2) is 0 Å². The molecule has 0 bridgehead atoms. The molecule has 1 aromatic rings. The lowest BCUT2D eigenvalue weighted by Crippen LogP contribution is -2.38. The second kappa shape index (κ2) is 4.46. The molecule has 15 heavy (non-hydrogen) atoms. The van der Waals surface area contributed by atoms with Gasteiger partial charge in [0, 0.05) is 26.4 Å². The van der Waals surface area contributed by atoms with Crippen LogP contribution >= 0.6 is 0 Å². The van der Waals surface area contributed by atoms with E-state index in [2.05, 4.69) is 5.32 Å². The molecule has 0 fully saturated rings. The molecule has 0 saturated carbocycles. The third-order valence-electron chi connectivity index (χ3n) is 1.93. The van der Waals surface area contributed by atoms with Gasteiger partial charge in [-0.1, -0.05) is 0 Å². The molecule has 0 unspecified atom stereocenters. The number of aromatic nitrogens is 2. The maximum absolute atomic E-state index is 11.4. The molecule has 0 aliphatic rings. The highest BCUT2D eigenvalue weighted by Crippen LogP contribution is 1.89. The number of nitrogens with zero attached hydrogens (tertiary/aromatic N) is 3. The highest BCUT2D eigenvalue weighted by atomic mass is 16.2. The van der Waals surface area contributed by atoms with Gasteiger partial charge in [-0.3, -0.25) is 9.36 Å². The van der Waals surface area contributed by atoms with E-state index in [1.807, 2.05) is 6.07 Å². The Morgan fingerprint density at radius 1 is 1.67 bits per heavy atom. The predicted molar refractivity (Wildman–Crippen MR) is 52.9 cm³/mol. The first-order valence-corrected chi connectivity index (χ1v) is 4.43. The van der Waals surface area contributed by atoms with Gasteiger partial charge >= 0.3 is 5.69 Å². The number of nitrogens with one attached hydrogen (secondary N) is 1.